The fraction of sp³-hybridized carbons (Fsp3) is 0.625. The van der Waals surface area contributed by atoms with E-state index in [9.17, 15) is 78.3 Å². The SMILES string of the molecule is CNCCCCC(NC(=O)CN1CCN(CC(=O)O)CCN(CC(=O)O)CCN(CC(=O)O)CC1)C(=O)NCC1CCC(C(=O)NC(Cc2ccc3ccccc3c2)C(=O)NCCCCC(NC(=O)NC(CCC(=O)O)C(=O)O)C(=O)O)CC1. The van der Waals surface area contributed by atoms with E-state index in [2.05, 4.69) is 37.2 Å². The smallest absolute Gasteiger partial charge is 0.326 e. The third-order valence-corrected chi connectivity index (χ3v) is 14.9. The normalized spacial score (nSPS) is 18.2. The molecule has 28 nitrogen and oxygen atoms in total. The van der Waals surface area contributed by atoms with E-state index in [0.717, 1.165) is 22.8 Å². The van der Waals surface area contributed by atoms with Crippen LogP contribution in [-0.2, 0) is 54.4 Å². The molecule has 1 aliphatic heterocycles. The van der Waals surface area contributed by atoms with Gasteiger partial charge in [-0.05, 0) is 106 Å². The molecule has 84 heavy (non-hydrogen) atoms. The summed E-state index contributed by atoms with van der Waals surface area (Å²) in [4.78, 5) is 144. The molecule has 0 spiro atoms. The van der Waals surface area contributed by atoms with Gasteiger partial charge in [0.05, 0.1) is 26.2 Å². The minimum atomic E-state index is -1.56. The van der Waals surface area contributed by atoms with Crippen LogP contribution in [0.2, 0.25) is 0 Å². The lowest BCUT2D eigenvalue weighted by Crippen LogP contribution is -2.52. The lowest BCUT2D eigenvalue weighted by molar-refractivity contribution is -0.141. The van der Waals surface area contributed by atoms with Gasteiger partial charge in [0, 0.05) is 84.2 Å². The van der Waals surface area contributed by atoms with Crippen LogP contribution < -0.4 is 37.2 Å². The molecule has 1 heterocycles. The molecule has 0 aromatic heterocycles. The van der Waals surface area contributed by atoms with Crippen molar-refractivity contribution >= 4 is 76.2 Å². The highest BCUT2D eigenvalue weighted by molar-refractivity contribution is 5.90. The van der Waals surface area contributed by atoms with E-state index in [1.807, 2.05) is 49.5 Å². The quantitative estimate of drug-likeness (QED) is 0.0393. The van der Waals surface area contributed by atoms with Crippen LogP contribution in [0.3, 0.4) is 0 Å². The van der Waals surface area contributed by atoms with Crippen molar-refractivity contribution in [2.45, 2.75) is 108 Å². The first-order valence-corrected chi connectivity index (χ1v) is 28.7. The summed E-state index contributed by atoms with van der Waals surface area (Å²) >= 11 is 0. The summed E-state index contributed by atoms with van der Waals surface area (Å²) in [5, 5.41) is 77.7. The zero-order chi connectivity index (χ0) is 61.6. The molecular formula is C56H85N11O17. The predicted molar refractivity (Wildman–Crippen MR) is 305 cm³/mol. The number of urea groups is 1. The van der Waals surface area contributed by atoms with Crippen molar-refractivity contribution in [2.75, 3.05) is 105 Å². The minimum absolute atomic E-state index is 0.00663. The van der Waals surface area contributed by atoms with Crippen molar-refractivity contribution in [1.82, 2.24) is 56.8 Å². The highest BCUT2D eigenvalue weighted by Crippen LogP contribution is 2.29. The number of unbranched alkanes of at least 4 members (excludes halogenated alkanes) is 2. The number of hydrogen-bond acceptors (Lipinski definition) is 16. The Morgan fingerprint density at radius 2 is 0.988 bits per heavy atom. The largest absolute Gasteiger partial charge is 0.481 e. The van der Waals surface area contributed by atoms with Crippen molar-refractivity contribution < 1.29 is 83.4 Å². The second-order valence-electron chi connectivity index (χ2n) is 21.5. The number of aliphatic carboxylic acids is 6. The first kappa shape index (κ1) is 69.0. The molecule has 4 rings (SSSR count). The Morgan fingerprint density at radius 1 is 0.500 bits per heavy atom. The zero-order valence-corrected chi connectivity index (χ0v) is 47.8. The number of carbonyl (C=O) groups is 11. The van der Waals surface area contributed by atoms with Gasteiger partial charge >= 0.3 is 41.8 Å². The molecule has 2 aromatic rings. The standard InChI is InChI=1S/C56H85N11O17/c1-57-20-6-4-10-42(60-46(68)33-64-22-24-65(34-48(71)72)26-28-67(36-50(75)76)29-27-66(25-23-64)35-49(73)74)52(78)59-32-37-12-16-40(17-13-37)51(77)61-45(31-38-14-15-39-8-2-3-9-41(39)30-38)53(79)58-21-7-5-11-43(54(80)81)62-56(84)63-44(55(82)83)18-19-47(69)70/h2-3,8-9,14-15,30,37,40,42-45,57H,4-7,10-13,16-29,31-36H2,1H3,(H,58,79)(H,59,78)(H,60,68)(H,61,77)(H,69,70)(H,71,72)(H,73,74)(H,75,76)(H,80,81)(H,82,83)(H2,62,63,84). The number of carboxylic acids is 6. The van der Waals surface area contributed by atoms with Crippen LogP contribution in [0.15, 0.2) is 42.5 Å². The molecule has 28 heteroatoms. The van der Waals surface area contributed by atoms with Gasteiger partial charge in [-0.15, -0.1) is 0 Å². The number of nitrogens with zero attached hydrogens (tertiary/aromatic N) is 4. The van der Waals surface area contributed by atoms with Crippen LogP contribution in [-0.4, -0.2) is 245 Å². The highest BCUT2D eigenvalue weighted by atomic mass is 16.4. The second kappa shape index (κ2) is 36.9. The number of carbonyl (C=O) groups excluding carboxylic acids is 5. The maximum absolute atomic E-state index is 14.0. The maximum atomic E-state index is 14.0. The molecule has 1 saturated heterocycles. The molecule has 2 aromatic carbocycles. The molecule has 2 fully saturated rings. The van der Waals surface area contributed by atoms with Crippen molar-refractivity contribution in [3.63, 3.8) is 0 Å². The first-order chi connectivity index (χ1) is 40.1. The van der Waals surface area contributed by atoms with Crippen LogP contribution in [0.5, 0.6) is 0 Å². The van der Waals surface area contributed by atoms with Gasteiger partial charge in [0.25, 0.3) is 0 Å². The van der Waals surface area contributed by atoms with E-state index < -0.39 is 96.6 Å². The number of benzene rings is 2. The van der Waals surface area contributed by atoms with Crippen molar-refractivity contribution in [1.29, 1.82) is 0 Å². The molecule has 4 unspecified atom stereocenters. The average Bonchev–Trinajstić information content (AvgIpc) is 3.59. The Hall–Kier alpha value is -7.53. The summed E-state index contributed by atoms with van der Waals surface area (Å²) < 4.78 is 0. The summed E-state index contributed by atoms with van der Waals surface area (Å²) in [5.41, 5.74) is 0.795. The average molecular weight is 1180 g/mol. The highest BCUT2D eigenvalue weighted by Gasteiger charge is 2.32. The van der Waals surface area contributed by atoms with Gasteiger partial charge in [-0.2, -0.15) is 0 Å². The number of nitrogens with one attached hydrogen (secondary N) is 7. The minimum Gasteiger partial charge on any atom is -0.481 e. The van der Waals surface area contributed by atoms with Crippen LogP contribution in [0.4, 0.5) is 4.79 Å². The van der Waals surface area contributed by atoms with E-state index in [1.54, 1.807) is 19.6 Å². The summed E-state index contributed by atoms with van der Waals surface area (Å²) in [7, 11) is 1.81. The lowest BCUT2D eigenvalue weighted by atomic mass is 9.81. The third-order valence-electron chi connectivity index (χ3n) is 14.9. The topological polar surface area (TPSA) is 406 Å². The van der Waals surface area contributed by atoms with E-state index in [4.69, 9.17) is 5.11 Å². The molecule has 2 aliphatic rings. The molecule has 0 bridgehead atoms. The Morgan fingerprint density at radius 3 is 1.50 bits per heavy atom. The van der Waals surface area contributed by atoms with E-state index >= 15 is 0 Å². The van der Waals surface area contributed by atoms with E-state index in [1.165, 1.54) is 0 Å². The molecule has 6 amide bonds. The fourth-order valence-electron chi connectivity index (χ4n) is 10.2. The van der Waals surface area contributed by atoms with Gasteiger partial charge in [-0.25, -0.2) is 14.4 Å². The molecule has 466 valence electrons. The molecule has 13 N–H and O–H groups in total. The molecule has 1 saturated carbocycles. The monoisotopic (exact) mass is 1180 g/mol. The van der Waals surface area contributed by atoms with Crippen LogP contribution in [0.1, 0.15) is 82.6 Å². The predicted octanol–water partition coefficient (Wildman–Crippen LogP) is -0.504. The van der Waals surface area contributed by atoms with Gasteiger partial charge in [-0.1, -0.05) is 42.5 Å². The lowest BCUT2D eigenvalue weighted by Gasteiger charge is -2.33. The zero-order valence-electron chi connectivity index (χ0n) is 47.8. The summed E-state index contributed by atoms with van der Waals surface area (Å²) in [6.07, 6.45) is 3.42. The molecule has 0 radical (unpaired) electrons. The number of carboxylic acid groups (broad SMARTS) is 6. The van der Waals surface area contributed by atoms with Crippen LogP contribution in [0, 0.1) is 11.8 Å². The number of amides is 6. The molecule has 4 atom stereocenters. The third kappa shape index (κ3) is 26.8. The summed E-state index contributed by atoms with van der Waals surface area (Å²) in [6.45, 7) is 1.73. The maximum Gasteiger partial charge on any atom is 0.326 e. The second-order valence-corrected chi connectivity index (χ2v) is 21.5. The number of rotatable bonds is 34. The van der Waals surface area contributed by atoms with Gasteiger partial charge in [0.2, 0.25) is 23.6 Å². The van der Waals surface area contributed by atoms with Gasteiger partial charge < -0.3 is 67.9 Å². The van der Waals surface area contributed by atoms with Crippen molar-refractivity contribution in [2.24, 2.45) is 11.8 Å². The van der Waals surface area contributed by atoms with E-state index in [0.29, 0.717) is 45.1 Å². The Labute approximate surface area is 487 Å². The van der Waals surface area contributed by atoms with Gasteiger partial charge in [-0.3, -0.25) is 58.0 Å². The Kier molecular flexibility index (Phi) is 30.3. The Bertz CT molecular complexity index is 2500. The summed E-state index contributed by atoms with van der Waals surface area (Å²) in [6, 6.07) is 7.50. The fourth-order valence-corrected chi connectivity index (χ4v) is 10.2. The van der Waals surface area contributed by atoms with Crippen LogP contribution >= 0.6 is 0 Å². The van der Waals surface area contributed by atoms with E-state index in [-0.39, 0.29) is 135 Å². The van der Waals surface area contributed by atoms with Gasteiger partial charge in [0.1, 0.15) is 24.2 Å². The van der Waals surface area contributed by atoms with Crippen molar-refractivity contribution in [3.8, 4) is 0 Å². The van der Waals surface area contributed by atoms with Crippen molar-refractivity contribution in [3.05, 3.63) is 48.0 Å². The van der Waals surface area contributed by atoms with Crippen LogP contribution in [0.25, 0.3) is 10.8 Å². The number of hydrogen-bond donors (Lipinski definition) is 13. The molecule has 1 aliphatic carbocycles. The molecular weight excluding hydrogens is 1100 g/mol. The number of fused-ring (bicyclic) bond motifs is 1. The Balaban J connectivity index is 1.34. The van der Waals surface area contributed by atoms with Gasteiger partial charge in [0.15, 0.2) is 0 Å². The summed E-state index contributed by atoms with van der Waals surface area (Å²) in [5.74, 6) is -9.40. The first-order valence-electron chi connectivity index (χ1n) is 28.7.